The van der Waals surface area contributed by atoms with Gasteiger partial charge < -0.3 is 9.32 Å². The second-order valence-electron chi connectivity index (χ2n) is 6.31. The Morgan fingerprint density at radius 1 is 1.24 bits per heavy atom. The van der Waals surface area contributed by atoms with Crippen molar-refractivity contribution in [2.75, 3.05) is 26.2 Å². The molecule has 0 aliphatic carbocycles. The zero-order chi connectivity index (χ0) is 18.0. The fourth-order valence-corrected chi connectivity index (χ4v) is 3.27. The molecule has 1 aliphatic heterocycles. The van der Waals surface area contributed by atoms with E-state index < -0.39 is 0 Å². The van der Waals surface area contributed by atoms with E-state index in [0.29, 0.717) is 18.7 Å². The number of piperazine rings is 1. The fourth-order valence-electron chi connectivity index (χ4n) is 3.27. The van der Waals surface area contributed by atoms with Gasteiger partial charge in [-0.05, 0) is 31.0 Å². The average Bonchev–Trinajstić information content (AvgIpc) is 3.15. The number of amides is 1. The molecule has 132 valence electrons. The minimum Gasteiger partial charge on any atom is -0.472 e. The fraction of sp³-hybridized carbons (Fsp3) is 0.389. The van der Waals surface area contributed by atoms with Crippen molar-refractivity contribution >= 4 is 11.6 Å². The first-order valence-electron chi connectivity index (χ1n) is 8.28. The Kier molecular flexibility index (Phi) is 4.85. The van der Waals surface area contributed by atoms with E-state index in [1.807, 2.05) is 11.8 Å². The molecule has 1 aliphatic rings. The maximum Gasteiger partial charge on any atom is 0.269 e. The summed E-state index contributed by atoms with van der Waals surface area (Å²) in [6.07, 6.45) is 2.96. The summed E-state index contributed by atoms with van der Waals surface area (Å²) < 4.78 is 4.97. The molecule has 3 rings (SSSR count). The summed E-state index contributed by atoms with van der Waals surface area (Å²) >= 11 is 0. The van der Waals surface area contributed by atoms with Gasteiger partial charge in [0.25, 0.3) is 11.6 Å². The summed E-state index contributed by atoms with van der Waals surface area (Å²) in [7, 11) is 0. The molecule has 2 aromatic rings. The summed E-state index contributed by atoms with van der Waals surface area (Å²) in [6.45, 7) is 6.73. The molecular formula is C18H21N3O4. The minimum atomic E-state index is -0.364. The highest BCUT2D eigenvalue weighted by Crippen LogP contribution is 2.28. The largest absolute Gasteiger partial charge is 0.472 e. The second kappa shape index (κ2) is 7.06. The monoisotopic (exact) mass is 343 g/mol. The summed E-state index contributed by atoms with van der Waals surface area (Å²) in [4.78, 5) is 27.1. The highest BCUT2D eigenvalue weighted by Gasteiger charge is 2.27. The molecule has 1 aromatic carbocycles. The average molecular weight is 343 g/mol. The third-order valence-electron chi connectivity index (χ3n) is 4.84. The molecule has 2 heterocycles. The lowest BCUT2D eigenvalue weighted by molar-refractivity contribution is -0.385. The van der Waals surface area contributed by atoms with E-state index in [9.17, 15) is 14.9 Å². The van der Waals surface area contributed by atoms with Crippen molar-refractivity contribution in [3.63, 3.8) is 0 Å². The van der Waals surface area contributed by atoms with Crippen LogP contribution < -0.4 is 0 Å². The first-order valence-corrected chi connectivity index (χ1v) is 8.28. The van der Waals surface area contributed by atoms with Crippen LogP contribution in [0.2, 0.25) is 0 Å². The maximum atomic E-state index is 12.4. The molecule has 0 spiro atoms. The summed E-state index contributed by atoms with van der Waals surface area (Å²) in [5.74, 6) is -0.0208. The quantitative estimate of drug-likeness (QED) is 0.630. The molecule has 1 fully saturated rings. The van der Waals surface area contributed by atoms with Gasteiger partial charge in [0.2, 0.25) is 0 Å². The minimum absolute atomic E-state index is 0.0208. The topological polar surface area (TPSA) is 79.8 Å². The zero-order valence-corrected chi connectivity index (χ0v) is 14.3. The van der Waals surface area contributed by atoms with Gasteiger partial charge in [0, 0.05) is 44.4 Å². The van der Waals surface area contributed by atoms with Crippen molar-refractivity contribution in [3.8, 4) is 0 Å². The van der Waals surface area contributed by atoms with Crippen molar-refractivity contribution < 1.29 is 14.1 Å². The molecule has 7 heteroatoms. The number of nitrogens with zero attached hydrogens (tertiary/aromatic N) is 3. The molecule has 0 saturated carbocycles. The normalized spacial score (nSPS) is 16.6. The molecular weight excluding hydrogens is 322 g/mol. The van der Waals surface area contributed by atoms with Crippen molar-refractivity contribution in [3.05, 3.63) is 63.6 Å². The summed E-state index contributed by atoms with van der Waals surface area (Å²) in [5.41, 5.74) is 2.68. The van der Waals surface area contributed by atoms with Gasteiger partial charge in [-0.1, -0.05) is 6.07 Å². The molecule has 1 atom stereocenters. The van der Waals surface area contributed by atoms with Gasteiger partial charge in [-0.25, -0.2) is 0 Å². The number of benzene rings is 1. The Hall–Kier alpha value is -2.67. The van der Waals surface area contributed by atoms with Gasteiger partial charge in [-0.2, -0.15) is 0 Å². The Labute approximate surface area is 146 Å². The maximum absolute atomic E-state index is 12.4. The van der Waals surface area contributed by atoms with E-state index in [1.165, 1.54) is 18.6 Å². The van der Waals surface area contributed by atoms with Crippen molar-refractivity contribution in [2.24, 2.45) is 0 Å². The van der Waals surface area contributed by atoms with Crippen molar-refractivity contribution in [1.29, 1.82) is 0 Å². The number of carbonyl (C=O) groups excluding carboxylic acids is 1. The number of aryl methyl sites for hydroxylation is 1. The lowest BCUT2D eigenvalue weighted by Gasteiger charge is -2.38. The van der Waals surface area contributed by atoms with Crippen molar-refractivity contribution in [2.45, 2.75) is 19.9 Å². The van der Waals surface area contributed by atoms with E-state index >= 15 is 0 Å². The smallest absolute Gasteiger partial charge is 0.269 e. The highest BCUT2D eigenvalue weighted by atomic mass is 16.6. The van der Waals surface area contributed by atoms with Crippen LogP contribution in [-0.4, -0.2) is 46.8 Å². The van der Waals surface area contributed by atoms with Crippen LogP contribution in [0.5, 0.6) is 0 Å². The summed E-state index contributed by atoms with van der Waals surface area (Å²) in [5, 5.41) is 11.0. The van der Waals surface area contributed by atoms with Crippen LogP contribution in [0.1, 0.15) is 34.5 Å². The van der Waals surface area contributed by atoms with Crippen LogP contribution in [-0.2, 0) is 0 Å². The first kappa shape index (κ1) is 17.2. The zero-order valence-electron chi connectivity index (χ0n) is 14.3. The van der Waals surface area contributed by atoms with E-state index in [2.05, 4.69) is 11.8 Å². The second-order valence-corrected chi connectivity index (χ2v) is 6.31. The number of furan rings is 1. The number of hydrogen-bond acceptors (Lipinski definition) is 5. The van der Waals surface area contributed by atoms with Crippen molar-refractivity contribution in [1.82, 2.24) is 9.80 Å². The number of non-ortho nitro benzene ring substituents is 1. The Balaban J connectivity index is 1.67. The first-order chi connectivity index (χ1) is 12.0. The molecule has 0 bridgehead atoms. The number of rotatable bonds is 4. The molecule has 1 amide bonds. The van der Waals surface area contributed by atoms with Gasteiger partial charge >= 0.3 is 0 Å². The van der Waals surface area contributed by atoms with E-state index in [0.717, 1.165) is 24.2 Å². The lowest BCUT2D eigenvalue weighted by Crippen LogP contribution is -2.49. The number of hydrogen-bond donors (Lipinski definition) is 0. The predicted octanol–water partition coefficient (Wildman–Crippen LogP) is 3.02. The van der Waals surface area contributed by atoms with E-state index in [1.54, 1.807) is 18.2 Å². The molecule has 7 nitrogen and oxygen atoms in total. The lowest BCUT2D eigenvalue weighted by atomic mass is 10.00. The Bertz CT molecular complexity index is 765. The van der Waals surface area contributed by atoms with Gasteiger partial charge in [0.1, 0.15) is 6.26 Å². The van der Waals surface area contributed by atoms with E-state index in [-0.39, 0.29) is 22.6 Å². The predicted molar refractivity (Wildman–Crippen MR) is 92.4 cm³/mol. The molecule has 25 heavy (non-hydrogen) atoms. The van der Waals surface area contributed by atoms with Crippen LogP contribution in [0.15, 0.2) is 41.2 Å². The van der Waals surface area contributed by atoms with Gasteiger partial charge in [0.05, 0.1) is 16.7 Å². The number of nitro groups is 1. The van der Waals surface area contributed by atoms with Gasteiger partial charge in [-0.15, -0.1) is 0 Å². The van der Waals surface area contributed by atoms with Crippen LogP contribution in [0.3, 0.4) is 0 Å². The van der Waals surface area contributed by atoms with E-state index in [4.69, 9.17) is 4.42 Å². The molecule has 1 saturated heterocycles. The molecule has 0 unspecified atom stereocenters. The number of nitro benzene ring substituents is 1. The van der Waals surface area contributed by atoms with Crippen LogP contribution >= 0.6 is 0 Å². The Morgan fingerprint density at radius 2 is 1.96 bits per heavy atom. The third-order valence-corrected chi connectivity index (χ3v) is 4.84. The van der Waals surface area contributed by atoms with Gasteiger partial charge in [-0.3, -0.25) is 19.8 Å². The number of carbonyl (C=O) groups is 1. The molecule has 1 aromatic heterocycles. The van der Waals surface area contributed by atoms with Crippen LogP contribution in [0, 0.1) is 17.0 Å². The third kappa shape index (κ3) is 3.56. The highest BCUT2D eigenvalue weighted by molar-refractivity contribution is 5.93. The SMILES string of the molecule is Cc1ccc([N+](=O)[O-])cc1[C@@H](C)N1CCN(C(=O)c2ccoc2)CC1. The summed E-state index contributed by atoms with van der Waals surface area (Å²) in [6, 6.07) is 6.72. The Morgan fingerprint density at radius 3 is 2.56 bits per heavy atom. The standard InChI is InChI=1S/C18H21N3O4/c1-13-3-4-16(21(23)24)11-17(13)14(2)19-6-8-20(9-7-19)18(22)15-5-10-25-12-15/h3-5,10-12,14H,6-9H2,1-2H3/t14-/m1/s1. The molecule has 0 N–H and O–H groups in total. The van der Waals surface area contributed by atoms with Crippen LogP contribution in [0.4, 0.5) is 5.69 Å². The molecule has 0 radical (unpaired) electrons. The van der Waals surface area contributed by atoms with Crippen LogP contribution in [0.25, 0.3) is 0 Å². The van der Waals surface area contributed by atoms with Gasteiger partial charge in [0.15, 0.2) is 0 Å².